The summed E-state index contributed by atoms with van der Waals surface area (Å²) < 4.78 is 6.02. The number of benzene rings is 2. The third-order valence-electron chi connectivity index (χ3n) is 4.97. The standard InChI is InChI=1S/C21H25NO4/c1-16-5-2-3-7-19(16)12-21(15-23)14-22(9-10-26-21)13-17-6-4-8-18(11-17)20(24)25/h2-8,11,23H,9-10,12-15H2,1H3,(H,24,25). The highest BCUT2D eigenvalue weighted by Gasteiger charge is 2.36. The minimum atomic E-state index is -0.918. The Morgan fingerprint density at radius 3 is 2.77 bits per heavy atom. The van der Waals surface area contributed by atoms with Crippen LogP contribution in [0.15, 0.2) is 48.5 Å². The number of hydrogen-bond donors (Lipinski definition) is 2. The fourth-order valence-electron chi connectivity index (χ4n) is 3.53. The summed E-state index contributed by atoms with van der Waals surface area (Å²) in [6.07, 6.45) is 0.655. The van der Waals surface area contributed by atoms with Crippen LogP contribution in [0.25, 0.3) is 0 Å². The summed E-state index contributed by atoms with van der Waals surface area (Å²) >= 11 is 0. The molecule has 0 aromatic heterocycles. The SMILES string of the molecule is Cc1ccccc1CC1(CO)CN(Cc2cccc(C(=O)O)c2)CCO1. The molecule has 2 N–H and O–H groups in total. The number of nitrogens with zero attached hydrogens (tertiary/aromatic N) is 1. The zero-order valence-corrected chi connectivity index (χ0v) is 15.0. The molecule has 0 amide bonds. The van der Waals surface area contributed by atoms with E-state index in [0.717, 1.165) is 12.1 Å². The van der Waals surface area contributed by atoms with Gasteiger partial charge in [0.15, 0.2) is 0 Å². The largest absolute Gasteiger partial charge is 0.478 e. The van der Waals surface area contributed by atoms with Crippen molar-refractivity contribution in [2.75, 3.05) is 26.3 Å². The molecule has 0 saturated carbocycles. The average molecular weight is 355 g/mol. The highest BCUT2D eigenvalue weighted by molar-refractivity contribution is 5.87. The molecule has 1 aliphatic heterocycles. The van der Waals surface area contributed by atoms with Crippen LogP contribution in [0.4, 0.5) is 0 Å². The van der Waals surface area contributed by atoms with Crippen molar-refractivity contribution in [2.24, 2.45) is 0 Å². The summed E-state index contributed by atoms with van der Waals surface area (Å²) in [5, 5.41) is 19.2. The maximum absolute atomic E-state index is 11.2. The molecule has 1 fully saturated rings. The normalized spacial score (nSPS) is 20.8. The molecule has 1 unspecified atom stereocenters. The van der Waals surface area contributed by atoms with Crippen molar-refractivity contribution in [1.82, 2.24) is 4.90 Å². The number of carboxylic acids is 1. The minimum Gasteiger partial charge on any atom is -0.478 e. The van der Waals surface area contributed by atoms with Crippen LogP contribution in [0.1, 0.15) is 27.0 Å². The van der Waals surface area contributed by atoms with E-state index in [1.807, 2.05) is 18.2 Å². The molecular weight excluding hydrogens is 330 g/mol. The number of carboxylic acid groups (broad SMARTS) is 1. The quantitative estimate of drug-likeness (QED) is 0.833. The molecule has 1 heterocycles. The van der Waals surface area contributed by atoms with Gasteiger partial charge in [0.1, 0.15) is 5.60 Å². The van der Waals surface area contributed by atoms with Crippen LogP contribution in [0.2, 0.25) is 0 Å². The molecule has 0 bridgehead atoms. The second-order valence-electron chi connectivity index (χ2n) is 7.01. The minimum absolute atomic E-state index is 0.0486. The number of hydrogen-bond acceptors (Lipinski definition) is 4. The van der Waals surface area contributed by atoms with Crippen molar-refractivity contribution in [3.8, 4) is 0 Å². The lowest BCUT2D eigenvalue weighted by molar-refractivity contribution is -0.134. The lowest BCUT2D eigenvalue weighted by Gasteiger charge is -2.42. The average Bonchev–Trinajstić information content (AvgIpc) is 2.64. The monoisotopic (exact) mass is 355 g/mol. The number of carbonyl (C=O) groups is 1. The van der Waals surface area contributed by atoms with Crippen LogP contribution in [-0.4, -0.2) is 53.0 Å². The lowest BCUT2D eigenvalue weighted by atomic mass is 9.90. The zero-order chi connectivity index (χ0) is 18.6. The van der Waals surface area contributed by atoms with Gasteiger partial charge in [-0.05, 0) is 35.7 Å². The fourth-order valence-corrected chi connectivity index (χ4v) is 3.53. The van der Waals surface area contributed by atoms with Gasteiger partial charge in [-0.25, -0.2) is 4.79 Å². The fraction of sp³-hybridized carbons (Fsp3) is 0.381. The van der Waals surface area contributed by atoms with Crippen LogP contribution < -0.4 is 0 Å². The van der Waals surface area contributed by atoms with E-state index in [9.17, 15) is 9.90 Å². The molecule has 1 aliphatic rings. The van der Waals surface area contributed by atoms with E-state index in [2.05, 4.69) is 24.0 Å². The van der Waals surface area contributed by atoms with Gasteiger partial charge >= 0.3 is 5.97 Å². The smallest absolute Gasteiger partial charge is 0.335 e. The lowest BCUT2D eigenvalue weighted by Crippen LogP contribution is -2.55. The van der Waals surface area contributed by atoms with E-state index in [0.29, 0.717) is 31.7 Å². The van der Waals surface area contributed by atoms with E-state index in [-0.39, 0.29) is 6.61 Å². The summed E-state index contributed by atoms with van der Waals surface area (Å²) in [5.74, 6) is -0.918. The number of rotatable bonds is 6. The molecule has 5 heteroatoms. The molecule has 1 atom stereocenters. The first kappa shape index (κ1) is 18.6. The topological polar surface area (TPSA) is 70.0 Å². The van der Waals surface area contributed by atoms with E-state index in [1.54, 1.807) is 18.2 Å². The van der Waals surface area contributed by atoms with Crippen molar-refractivity contribution < 1.29 is 19.7 Å². The molecule has 26 heavy (non-hydrogen) atoms. The van der Waals surface area contributed by atoms with Gasteiger partial charge in [-0.15, -0.1) is 0 Å². The van der Waals surface area contributed by atoms with Crippen molar-refractivity contribution in [3.63, 3.8) is 0 Å². The summed E-state index contributed by atoms with van der Waals surface area (Å²) in [4.78, 5) is 13.4. The van der Waals surface area contributed by atoms with Crippen LogP contribution in [0, 0.1) is 6.92 Å². The molecule has 138 valence electrons. The van der Waals surface area contributed by atoms with Gasteiger partial charge < -0.3 is 14.9 Å². The van der Waals surface area contributed by atoms with Gasteiger partial charge in [0.05, 0.1) is 18.8 Å². The number of morpholine rings is 1. The van der Waals surface area contributed by atoms with Crippen LogP contribution in [0.5, 0.6) is 0 Å². The maximum Gasteiger partial charge on any atom is 0.335 e. The van der Waals surface area contributed by atoms with Crippen LogP contribution in [-0.2, 0) is 17.7 Å². The van der Waals surface area contributed by atoms with Crippen LogP contribution in [0.3, 0.4) is 0 Å². The molecule has 0 aliphatic carbocycles. The maximum atomic E-state index is 11.2. The highest BCUT2D eigenvalue weighted by Crippen LogP contribution is 2.25. The van der Waals surface area contributed by atoms with Crippen molar-refractivity contribution in [3.05, 3.63) is 70.8 Å². The zero-order valence-electron chi connectivity index (χ0n) is 15.0. The summed E-state index contributed by atoms with van der Waals surface area (Å²) in [6.45, 7) is 4.57. The van der Waals surface area contributed by atoms with Crippen molar-refractivity contribution in [2.45, 2.75) is 25.5 Å². The molecule has 0 spiro atoms. The van der Waals surface area contributed by atoms with E-state index >= 15 is 0 Å². The molecular formula is C21H25NO4. The summed E-state index contributed by atoms with van der Waals surface area (Å²) in [6, 6.07) is 15.2. The third-order valence-corrected chi connectivity index (χ3v) is 4.97. The number of aromatic carboxylic acids is 1. The first-order valence-electron chi connectivity index (χ1n) is 8.85. The Bertz CT molecular complexity index is 776. The first-order chi connectivity index (χ1) is 12.5. The molecule has 3 rings (SSSR count). The second-order valence-corrected chi connectivity index (χ2v) is 7.01. The van der Waals surface area contributed by atoms with Gasteiger partial charge in [-0.3, -0.25) is 4.90 Å². The number of ether oxygens (including phenoxy) is 1. The Kier molecular flexibility index (Phi) is 5.71. The van der Waals surface area contributed by atoms with Gasteiger partial charge in [-0.1, -0.05) is 36.4 Å². The summed E-state index contributed by atoms with van der Waals surface area (Å²) in [5.41, 5.74) is 2.99. The summed E-state index contributed by atoms with van der Waals surface area (Å²) in [7, 11) is 0. The van der Waals surface area contributed by atoms with Gasteiger partial charge in [0.2, 0.25) is 0 Å². The molecule has 1 saturated heterocycles. The highest BCUT2D eigenvalue weighted by atomic mass is 16.5. The predicted molar refractivity (Wildman–Crippen MR) is 99.3 cm³/mol. The third kappa shape index (κ3) is 4.30. The van der Waals surface area contributed by atoms with E-state index in [4.69, 9.17) is 9.84 Å². The molecule has 2 aromatic rings. The van der Waals surface area contributed by atoms with Crippen molar-refractivity contribution in [1.29, 1.82) is 0 Å². The Labute approximate surface area is 153 Å². The molecule has 0 radical (unpaired) electrons. The second kappa shape index (κ2) is 7.99. The Morgan fingerprint density at radius 2 is 2.04 bits per heavy atom. The van der Waals surface area contributed by atoms with Gasteiger partial charge in [0.25, 0.3) is 0 Å². The predicted octanol–water partition coefficient (Wildman–Crippen LogP) is 2.50. The first-order valence-corrected chi connectivity index (χ1v) is 8.85. The number of aliphatic hydroxyl groups excluding tert-OH is 1. The Balaban J connectivity index is 1.74. The molecule has 2 aromatic carbocycles. The van der Waals surface area contributed by atoms with Gasteiger partial charge in [0, 0.05) is 26.1 Å². The Hall–Kier alpha value is -2.21. The number of aryl methyl sites for hydroxylation is 1. The van der Waals surface area contributed by atoms with E-state index in [1.165, 1.54) is 11.1 Å². The van der Waals surface area contributed by atoms with Gasteiger partial charge in [-0.2, -0.15) is 0 Å². The van der Waals surface area contributed by atoms with E-state index < -0.39 is 11.6 Å². The van der Waals surface area contributed by atoms with Crippen molar-refractivity contribution >= 4 is 5.97 Å². The molecule has 5 nitrogen and oxygen atoms in total. The van der Waals surface area contributed by atoms with Crippen LogP contribution >= 0.6 is 0 Å². The number of aliphatic hydroxyl groups is 1. The Morgan fingerprint density at radius 1 is 1.23 bits per heavy atom.